The third-order valence-electron chi connectivity index (χ3n) is 7.30. The summed E-state index contributed by atoms with van der Waals surface area (Å²) in [5.74, 6) is -1.04. The molecule has 0 aromatic carbocycles. The first-order chi connectivity index (χ1) is 21.0. The van der Waals surface area contributed by atoms with Crippen molar-refractivity contribution in [3.8, 4) is 0 Å². The van der Waals surface area contributed by atoms with Crippen LogP contribution in [0.15, 0.2) is 6.20 Å². The summed E-state index contributed by atoms with van der Waals surface area (Å²) < 4.78 is 11.9. The summed E-state index contributed by atoms with van der Waals surface area (Å²) in [6.45, 7) is 4.07. The lowest BCUT2D eigenvalue weighted by Crippen LogP contribution is -2.61. The number of anilines is 1. The lowest BCUT2D eigenvalue weighted by atomic mass is 9.83. The summed E-state index contributed by atoms with van der Waals surface area (Å²) in [5.41, 5.74) is 6.04. The van der Waals surface area contributed by atoms with Gasteiger partial charge in [0, 0.05) is 24.3 Å². The van der Waals surface area contributed by atoms with Crippen LogP contribution in [0, 0.1) is 0 Å². The second kappa shape index (κ2) is 19.9. The first-order valence-corrected chi connectivity index (χ1v) is 16.5. The van der Waals surface area contributed by atoms with Crippen LogP contribution < -0.4 is 11.1 Å². The number of esters is 2. The highest BCUT2D eigenvalue weighted by molar-refractivity contribution is 7.99. The Balaban J connectivity index is 1.87. The van der Waals surface area contributed by atoms with Crippen LogP contribution in [0.3, 0.4) is 0 Å². The van der Waals surface area contributed by atoms with E-state index in [-0.39, 0.29) is 42.3 Å². The molecule has 252 valence electrons. The maximum Gasteiger partial charge on any atom is 0.306 e. The summed E-state index contributed by atoms with van der Waals surface area (Å²) in [5, 5.41) is 60.2. The molecule has 1 unspecified atom stereocenters. The molecule has 0 radical (unpaired) electrons. The average molecular weight is 648 g/mol. The number of carbonyl (C=O) groups excluding carboxylic acids is 3. The van der Waals surface area contributed by atoms with Crippen LogP contribution in [0.25, 0.3) is 0 Å². The highest BCUT2D eigenvalue weighted by Crippen LogP contribution is 2.30. The molecule has 8 atom stereocenters. The topological polar surface area (TPSA) is 240 Å². The van der Waals surface area contributed by atoms with Gasteiger partial charge in [0.25, 0.3) is 0 Å². The molecule has 1 aliphatic rings. The van der Waals surface area contributed by atoms with Crippen LogP contribution in [0.2, 0.25) is 0 Å². The number of aliphatic hydroxyl groups excluding tert-OH is 5. The highest BCUT2D eigenvalue weighted by Gasteiger charge is 2.49. The van der Waals surface area contributed by atoms with E-state index in [1.807, 2.05) is 0 Å². The lowest BCUT2D eigenvalue weighted by Gasteiger charge is -2.41. The van der Waals surface area contributed by atoms with Crippen molar-refractivity contribution < 1.29 is 49.4 Å². The summed E-state index contributed by atoms with van der Waals surface area (Å²) in [7, 11) is 0. The van der Waals surface area contributed by atoms with Gasteiger partial charge < -0.3 is 46.1 Å². The van der Waals surface area contributed by atoms with Crippen LogP contribution in [-0.4, -0.2) is 119 Å². The van der Waals surface area contributed by atoms with Crippen LogP contribution in [0.4, 0.5) is 5.82 Å². The largest absolute Gasteiger partial charge is 0.462 e. The highest BCUT2D eigenvalue weighted by atomic mass is 32.2. The Morgan fingerprint density at radius 3 is 2.05 bits per heavy atom. The Kier molecular flexibility index (Phi) is 17.1. The molecule has 0 bridgehead atoms. The number of amides is 1. The number of unbranched alkanes of at least 4 members (excludes halogenated alkanes) is 6. The maximum atomic E-state index is 12.7. The quantitative estimate of drug-likeness (QED) is 0.0730. The minimum absolute atomic E-state index is 0.0642. The first-order valence-electron chi connectivity index (χ1n) is 15.3. The molecule has 1 aromatic rings. The van der Waals surface area contributed by atoms with Crippen molar-refractivity contribution in [2.24, 2.45) is 5.73 Å². The smallest absolute Gasteiger partial charge is 0.306 e. The summed E-state index contributed by atoms with van der Waals surface area (Å²) in [6.07, 6.45) is -0.0951. The number of aromatic nitrogens is 3. The van der Waals surface area contributed by atoms with E-state index in [1.165, 1.54) is 18.0 Å². The molecule has 0 saturated heterocycles. The molecule has 1 saturated carbocycles. The van der Waals surface area contributed by atoms with Gasteiger partial charge in [0.05, 0.1) is 12.2 Å². The van der Waals surface area contributed by atoms with Crippen LogP contribution >= 0.6 is 11.8 Å². The van der Waals surface area contributed by atoms with Crippen LogP contribution in [0.5, 0.6) is 0 Å². The van der Waals surface area contributed by atoms with Gasteiger partial charge in [-0.25, -0.2) is 4.68 Å². The fraction of sp³-hybridized carbons (Fsp3) is 0.821. The van der Waals surface area contributed by atoms with Gasteiger partial charge in [-0.15, -0.1) is 5.10 Å². The molecule has 44 heavy (non-hydrogen) atoms. The van der Waals surface area contributed by atoms with Crippen molar-refractivity contribution in [1.82, 2.24) is 15.0 Å². The summed E-state index contributed by atoms with van der Waals surface area (Å²) in [4.78, 5) is 37.2. The second-order valence-corrected chi connectivity index (χ2v) is 12.2. The molecule has 0 aliphatic heterocycles. The predicted octanol–water partition coefficient (Wildman–Crippen LogP) is 0.0321. The van der Waals surface area contributed by atoms with E-state index in [0.29, 0.717) is 12.8 Å². The number of hydrogen-bond donors (Lipinski definition) is 7. The monoisotopic (exact) mass is 647 g/mol. The molecule has 8 N–H and O–H groups in total. The molecule has 1 fully saturated rings. The minimum Gasteiger partial charge on any atom is -0.462 e. The van der Waals surface area contributed by atoms with Crippen LogP contribution in [0.1, 0.15) is 84.1 Å². The molecule has 0 spiro atoms. The SMILES string of the molecule is CCCCCCC(=O)OC[C@H](CSC[C@@H](N)C(=O)Nc1cn(C2[C@H](O)[C@H](O)[C@@H](O)[C@H](O)[C@H]2O)nn1)OC(=O)CCCCCC. The van der Waals surface area contributed by atoms with Crippen molar-refractivity contribution >= 4 is 35.4 Å². The number of nitrogens with zero attached hydrogens (tertiary/aromatic N) is 3. The Labute approximate surface area is 261 Å². The third kappa shape index (κ3) is 12.2. The predicted molar refractivity (Wildman–Crippen MR) is 161 cm³/mol. The lowest BCUT2D eigenvalue weighted by molar-refractivity contribution is -0.200. The number of hydrogen-bond acceptors (Lipinski definition) is 14. The second-order valence-electron chi connectivity index (χ2n) is 11.1. The van der Waals surface area contributed by atoms with Gasteiger partial charge in [-0.2, -0.15) is 11.8 Å². The molecule has 1 aliphatic carbocycles. The number of nitrogens with two attached hydrogens (primary N) is 1. The van der Waals surface area contributed by atoms with E-state index >= 15 is 0 Å². The Morgan fingerprint density at radius 2 is 1.45 bits per heavy atom. The third-order valence-corrected chi connectivity index (χ3v) is 8.50. The Bertz CT molecular complexity index is 1000. The first kappa shape index (κ1) is 37.8. The Morgan fingerprint density at radius 1 is 0.886 bits per heavy atom. The standard InChI is InChI=1S/C28H49N5O10S/c1-3-5-7-9-11-20(34)42-14-17(43-21(35)12-10-8-6-4-2)15-44-16-18(29)28(41)30-19-13-33(32-31-19)22-23(36)25(38)27(40)26(39)24(22)37/h13,17-18,22-27,36-40H,3-12,14-16,29H2,1-2H3,(H,30,41)/t17-,18-,22?,23+,24+,25-,26+,27+/m1/s1. The van der Waals surface area contributed by atoms with Gasteiger partial charge in [-0.1, -0.05) is 57.6 Å². The number of aliphatic hydroxyl groups is 5. The van der Waals surface area contributed by atoms with E-state index in [1.54, 1.807) is 0 Å². The van der Waals surface area contributed by atoms with Crippen molar-refractivity contribution in [2.45, 2.75) is 127 Å². The molecule has 15 nitrogen and oxygen atoms in total. The van der Waals surface area contributed by atoms with Gasteiger partial charge in [0.1, 0.15) is 49.3 Å². The van der Waals surface area contributed by atoms with E-state index in [9.17, 15) is 39.9 Å². The van der Waals surface area contributed by atoms with Crippen molar-refractivity contribution in [2.75, 3.05) is 23.4 Å². The zero-order valence-electron chi connectivity index (χ0n) is 25.5. The molecular formula is C28H49N5O10S. The van der Waals surface area contributed by atoms with E-state index in [2.05, 4.69) is 29.5 Å². The van der Waals surface area contributed by atoms with Gasteiger partial charge >= 0.3 is 11.9 Å². The van der Waals surface area contributed by atoms with Gasteiger partial charge in [0.15, 0.2) is 5.82 Å². The Hall–Kier alpha value is -2.34. The molecule has 1 aromatic heterocycles. The molecule has 1 heterocycles. The normalized spacial score (nSPS) is 24.8. The van der Waals surface area contributed by atoms with Crippen molar-refractivity contribution in [1.29, 1.82) is 0 Å². The molecule has 2 rings (SSSR count). The zero-order chi connectivity index (χ0) is 32.6. The summed E-state index contributed by atoms with van der Waals surface area (Å²) in [6, 6.07) is -2.36. The number of rotatable bonds is 20. The number of carbonyl (C=O) groups is 3. The number of ether oxygens (including phenoxy) is 2. The minimum atomic E-state index is -1.76. The van der Waals surface area contributed by atoms with Gasteiger partial charge in [0.2, 0.25) is 5.91 Å². The van der Waals surface area contributed by atoms with E-state index in [4.69, 9.17) is 15.2 Å². The average Bonchev–Trinajstić information content (AvgIpc) is 3.45. The van der Waals surface area contributed by atoms with E-state index in [0.717, 1.165) is 49.6 Å². The number of thioether (sulfide) groups is 1. The van der Waals surface area contributed by atoms with Crippen molar-refractivity contribution in [3.05, 3.63) is 6.20 Å². The number of nitrogens with one attached hydrogen (secondary N) is 1. The van der Waals surface area contributed by atoms with Crippen LogP contribution in [-0.2, 0) is 23.9 Å². The maximum absolute atomic E-state index is 12.7. The fourth-order valence-corrected chi connectivity index (χ4v) is 5.61. The van der Waals surface area contributed by atoms with Gasteiger partial charge in [-0.3, -0.25) is 14.4 Å². The molecular weight excluding hydrogens is 598 g/mol. The summed E-state index contributed by atoms with van der Waals surface area (Å²) >= 11 is 1.25. The van der Waals surface area contributed by atoms with Crippen molar-refractivity contribution in [3.63, 3.8) is 0 Å². The molecule has 16 heteroatoms. The fourth-order valence-electron chi connectivity index (χ4n) is 4.64. The molecule has 1 amide bonds. The van der Waals surface area contributed by atoms with E-state index < -0.39 is 54.6 Å². The van der Waals surface area contributed by atoms with Gasteiger partial charge in [-0.05, 0) is 12.8 Å². The zero-order valence-corrected chi connectivity index (χ0v) is 26.3.